The standard InChI is InChI=1S/C20H33N3O2/c1-4-21-20(22-16-18-9-6-5-8-17(18)2)23-12-10-19(11-13-23)25-15-7-14-24-3/h5-6,8-9,19H,4,7,10-16H2,1-3H3,(H,21,22). The van der Waals surface area contributed by atoms with Crippen LogP contribution in [-0.2, 0) is 16.0 Å². The maximum absolute atomic E-state index is 5.95. The summed E-state index contributed by atoms with van der Waals surface area (Å²) in [4.78, 5) is 7.21. The molecular formula is C20H33N3O2. The van der Waals surface area contributed by atoms with Crippen molar-refractivity contribution in [3.05, 3.63) is 35.4 Å². The molecule has 0 aliphatic carbocycles. The first-order valence-corrected chi connectivity index (χ1v) is 9.43. The fraction of sp³-hybridized carbons (Fsp3) is 0.650. The maximum atomic E-state index is 5.95. The van der Waals surface area contributed by atoms with E-state index in [2.05, 4.69) is 48.3 Å². The van der Waals surface area contributed by atoms with Gasteiger partial charge >= 0.3 is 0 Å². The van der Waals surface area contributed by atoms with E-state index in [9.17, 15) is 0 Å². The van der Waals surface area contributed by atoms with E-state index in [0.29, 0.717) is 6.10 Å². The number of benzene rings is 1. The van der Waals surface area contributed by atoms with Gasteiger partial charge in [0.15, 0.2) is 5.96 Å². The summed E-state index contributed by atoms with van der Waals surface area (Å²) in [6.07, 6.45) is 3.45. The Morgan fingerprint density at radius 2 is 2.00 bits per heavy atom. The third-order valence-corrected chi connectivity index (χ3v) is 4.58. The summed E-state index contributed by atoms with van der Waals surface area (Å²) in [5.41, 5.74) is 2.58. The van der Waals surface area contributed by atoms with Gasteiger partial charge in [-0.3, -0.25) is 0 Å². The molecule has 1 heterocycles. The second kappa shape index (κ2) is 11.1. The highest BCUT2D eigenvalue weighted by Gasteiger charge is 2.21. The van der Waals surface area contributed by atoms with Gasteiger partial charge in [-0.05, 0) is 44.2 Å². The number of methoxy groups -OCH3 is 1. The smallest absolute Gasteiger partial charge is 0.194 e. The van der Waals surface area contributed by atoms with Crippen LogP contribution in [0.1, 0.15) is 37.3 Å². The zero-order valence-electron chi connectivity index (χ0n) is 16.0. The lowest BCUT2D eigenvalue weighted by atomic mass is 10.1. The number of hydrogen-bond acceptors (Lipinski definition) is 3. The van der Waals surface area contributed by atoms with Gasteiger partial charge in [0, 0.05) is 40.0 Å². The van der Waals surface area contributed by atoms with Crippen molar-refractivity contribution in [3.8, 4) is 0 Å². The second-order valence-electron chi connectivity index (χ2n) is 6.50. The minimum absolute atomic E-state index is 0.368. The summed E-state index contributed by atoms with van der Waals surface area (Å²) < 4.78 is 11.0. The van der Waals surface area contributed by atoms with Crippen molar-refractivity contribution in [2.45, 2.75) is 45.8 Å². The number of ether oxygens (including phenoxy) is 2. The van der Waals surface area contributed by atoms with E-state index in [1.807, 2.05) is 0 Å². The number of guanidine groups is 1. The Morgan fingerprint density at radius 1 is 1.24 bits per heavy atom. The van der Waals surface area contributed by atoms with Crippen LogP contribution in [-0.4, -0.2) is 56.9 Å². The van der Waals surface area contributed by atoms with Crippen molar-refractivity contribution < 1.29 is 9.47 Å². The quantitative estimate of drug-likeness (QED) is 0.446. The normalized spacial score (nSPS) is 16.3. The number of hydrogen-bond donors (Lipinski definition) is 1. The van der Waals surface area contributed by atoms with E-state index in [1.165, 1.54) is 11.1 Å². The van der Waals surface area contributed by atoms with Gasteiger partial charge < -0.3 is 19.7 Å². The van der Waals surface area contributed by atoms with E-state index in [0.717, 1.165) is 64.6 Å². The molecule has 140 valence electrons. The van der Waals surface area contributed by atoms with E-state index in [4.69, 9.17) is 14.5 Å². The molecule has 1 saturated heterocycles. The minimum atomic E-state index is 0.368. The van der Waals surface area contributed by atoms with Gasteiger partial charge in [-0.25, -0.2) is 4.99 Å². The zero-order valence-corrected chi connectivity index (χ0v) is 16.0. The molecule has 0 saturated carbocycles. The molecule has 5 nitrogen and oxygen atoms in total. The Morgan fingerprint density at radius 3 is 2.68 bits per heavy atom. The van der Waals surface area contributed by atoms with Crippen molar-refractivity contribution in [1.29, 1.82) is 0 Å². The predicted octanol–water partition coefficient (Wildman–Crippen LogP) is 2.98. The lowest BCUT2D eigenvalue weighted by Gasteiger charge is -2.34. The molecule has 1 N–H and O–H groups in total. The first-order valence-electron chi connectivity index (χ1n) is 9.43. The van der Waals surface area contributed by atoms with E-state index in [1.54, 1.807) is 7.11 Å². The van der Waals surface area contributed by atoms with Crippen molar-refractivity contribution in [2.24, 2.45) is 4.99 Å². The third-order valence-electron chi connectivity index (χ3n) is 4.58. The summed E-state index contributed by atoms with van der Waals surface area (Å²) >= 11 is 0. The van der Waals surface area contributed by atoms with Gasteiger partial charge in [0.2, 0.25) is 0 Å². The van der Waals surface area contributed by atoms with E-state index >= 15 is 0 Å². The number of likely N-dealkylation sites (tertiary alicyclic amines) is 1. The number of aliphatic imine (C=N–C) groups is 1. The van der Waals surface area contributed by atoms with Crippen LogP contribution in [0.5, 0.6) is 0 Å². The third kappa shape index (κ3) is 6.67. The van der Waals surface area contributed by atoms with Crippen molar-refractivity contribution >= 4 is 5.96 Å². The SMILES string of the molecule is CCNC(=NCc1ccccc1C)N1CCC(OCCCOC)CC1. The van der Waals surface area contributed by atoms with E-state index < -0.39 is 0 Å². The van der Waals surface area contributed by atoms with Gasteiger partial charge in [0.05, 0.1) is 12.6 Å². The summed E-state index contributed by atoms with van der Waals surface area (Å²) in [5.74, 6) is 1.02. The molecule has 0 amide bonds. The molecule has 5 heteroatoms. The predicted molar refractivity (Wildman–Crippen MR) is 103 cm³/mol. The number of nitrogens with one attached hydrogen (secondary N) is 1. The molecule has 1 aliphatic heterocycles. The van der Waals surface area contributed by atoms with Crippen LogP contribution in [0.2, 0.25) is 0 Å². The summed E-state index contributed by atoms with van der Waals surface area (Å²) in [6.45, 7) is 9.43. The van der Waals surface area contributed by atoms with Crippen LogP contribution in [0.3, 0.4) is 0 Å². The molecule has 2 rings (SSSR count). The molecule has 25 heavy (non-hydrogen) atoms. The van der Waals surface area contributed by atoms with Gasteiger partial charge in [-0.15, -0.1) is 0 Å². The average molecular weight is 348 g/mol. The van der Waals surface area contributed by atoms with Crippen LogP contribution in [0.25, 0.3) is 0 Å². The highest BCUT2D eigenvalue weighted by atomic mass is 16.5. The number of nitrogens with zero attached hydrogens (tertiary/aromatic N) is 2. The average Bonchev–Trinajstić information content (AvgIpc) is 2.64. The largest absolute Gasteiger partial charge is 0.385 e. The Balaban J connectivity index is 1.84. The van der Waals surface area contributed by atoms with Gasteiger partial charge in [0.25, 0.3) is 0 Å². The molecule has 1 aromatic carbocycles. The Hall–Kier alpha value is -1.59. The van der Waals surface area contributed by atoms with Gasteiger partial charge in [0.1, 0.15) is 0 Å². The Labute approximate surface area is 152 Å². The van der Waals surface area contributed by atoms with Crippen LogP contribution >= 0.6 is 0 Å². The van der Waals surface area contributed by atoms with Crippen LogP contribution < -0.4 is 5.32 Å². The lowest BCUT2D eigenvalue weighted by Crippen LogP contribution is -2.47. The molecule has 0 unspecified atom stereocenters. The fourth-order valence-corrected chi connectivity index (χ4v) is 3.06. The molecule has 0 bridgehead atoms. The van der Waals surface area contributed by atoms with E-state index in [-0.39, 0.29) is 0 Å². The van der Waals surface area contributed by atoms with Crippen molar-refractivity contribution in [1.82, 2.24) is 10.2 Å². The van der Waals surface area contributed by atoms with Crippen LogP contribution in [0.15, 0.2) is 29.3 Å². The molecule has 1 fully saturated rings. The van der Waals surface area contributed by atoms with Crippen LogP contribution in [0.4, 0.5) is 0 Å². The first-order chi connectivity index (χ1) is 12.2. The lowest BCUT2D eigenvalue weighted by molar-refractivity contribution is 0.00990. The Bertz CT molecular complexity index is 525. The number of rotatable bonds is 8. The minimum Gasteiger partial charge on any atom is -0.385 e. The molecule has 0 atom stereocenters. The van der Waals surface area contributed by atoms with Crippen molar-refractivity contribution in [3.63, 3.8) is 0 Å². The van der Waals surface area contributed by atoms with Gasteiger partial charge in [-0.1, -0.05) is 24.3 Å². The maximum Gasteiger partial charge on any atom is 0.194 e. The fourth-order valence-electron chi connectivity index (χ4n) is 3.06. The van der Waals surface area contributed by atoms with Gasteiger partial charge in [-0.2, -0.15) is 0 Å². The highest BCUT2D eigenvalue weighted by Crippen LogP contribution is 2.15. The topological polar surface area (TPSA) is 46.1 Å². The highest BCUT2D eigenvalue weighted by molar-refractivity contribution is 5.80. The summed E-state index contributed by atoms with van der Waals surface area (Å²) in [7, 11) is 1.73. The Kier molecular flexibility index (Phi) is 8.77. The molecule has 1 aliphatic rings. The summed E-state index contributed by atoms with van der Waals surface area (Å²) in [5, 5.41) is 3.44. The molecule has 0 spiro atoms. The molecule has 1 aromatic rings. The monoisotopic (exact) mass is 347 g/mol. The number of aryl methyl sites for hydroxylation is 1. The molecule has 0 aromatic heterocycles. The first kappa shape index (κ1) is 19.7. The zero-order chi connectivity index (χ0) is 17.9. The molecule has 0 radical (unpaired) electrons. The number of piperidine rings is 1. The summed E-state index contributed by atoms with van der Waals surface area (Å²) in [6, 6.07) is 8.45. The van der Waals surface area contributed by atoms with Crippen LogP contribution in [0, 0.1) is 6.92 Å². The van der Waals surface area contributed by atoms with Crippen molar-refractivity contribution in [2.75, 3.05) is 40.0 Å². The molecular weight excluding hydrogens is 314 g/mol. The second-order valence-corrected chi connectivity index (χ2v) is 6.50.